The van der Waals surface area contributed by atoms with E-state index in [4.69, 9.17) is 4.74 Å². The van der Waals surface area contributed by atoms with Crippen molar-refractivity contribution in [2.45, 2.75) is 32.0 Å². The topological polar surface area (TPSA) is 29.5 Å². The van der Waals surface area contributed by atoms with Crippen molar-refractivity contribution in [3.63, 3.8) is 0 Å². The van der Waals surface area contributed by atoms with Crippen molar-refractivity contribution >= 4 is 27.3 Å². The smallest absolute Gasteiger partial charge is 0.136 e. The van der Waals surface area contributed by atoms with Crippen LogP contribution in [-0.4, -0.2) is 5.11 Å². The summed E-state index contributed by atoms with van der Waals surface area (Å²) >= 11 is 5.22. The van der Waals surface area contributed by atoms with Crippen LogP contribution in [0.2, 0.25) is 0 Å². The van der Waals surface area contributed by atoms with Crippen molar-refractivity contribution in [1.82, 2.24) is 0 Å². The number of thiophene rings is 1. The molecule has 100 valence electrons. The van der Waals surface area contributed by atoms with Gasteiger partial charge in [-0.25, -0.2) is 0 Å². The predicted octanol–water partition coefficient (Wildman–Crippen LogP) is 4.63. The molecule has 0 amide bonds. The number of aryl methyl sites for hydroxylation is 1. The Balaban J connectivity index is 1.91. The summed E-state index contributed by atoms with van der Waals surface area (Å²) in [5.74, 6) is 0.782. The van der Waals surface area contributed by atoms with E-state index in [-0.39, 0.29) is 6.10 Å². The number of fused-ring (bicyclic) bond motifs is 1. The van der Waals surface area contributed by atoms with Gasteiger partial charge in [0.05, 0.1) is 6.10 Å². The molecule has 0 saturated carbocycles. The Labute approximate surface area is 125 Å². The van der Waals surface area contributed by atoms with E-state index in [1.807, 2.05) is 18.2 Å². The Kier molecular flexibility index (Phi) is 3.65. The van der Waals surface area contributed by atoms with Gasteiger partial charge in [-0.1, -0.05) is 28.9 Å². The standard InChI is InChI=1S/C15H15BrO2S/c1-2-10-4-6-15(19-10)14-8-12(17)11-5-3-9(16)7-13(11)18-14/h3-7,12,14,17H,2,8H2,1H3. The molecule has 1 aliphatic rings. The van der Waals surface area contributed by atoms with Gasteiger partial charge >= 0.3 is 0 Å². The van der Waals surface area contributed by atoms with Crippen LogP contribution in [0.4, 0.5) is 0 Å². The molecule has 1 aromatic carbocycles. The van der Waals surface area contributed by atoms with E-state index >= 15 is 0 Å². The lowest BCUT2D eigenvalue weighted by Gasteiger charge is -2.29. The highest BCUT2D eigenvalue weighted by Crippen LogP contribution is 2.43. The van der Waals surface area contributed by atoms with E-state index in [9.17, 15) is 5.11 Å². The second kappa shape index (κ2) is 5.27. The van der Waals surface area contributed by atoms with Crippen LogP contribution < -0.4 is 4.74 Å². The van der Waals surface area contributed by atoms with Gasteiger partial charge in [-0.05, 0) is 30.7 Å². The average molecular weight is 339 g/mol. The molecule has 0 spiro atoms. The van der Waals surface area contributed by atoms with Crippen LogP contribution in [0.5, 0.6) is 5.75 Å². The van der Waals surface area contributed by atoms with Crippen LogP contribution in [0.3, 0.4) is 0 Å². The van der Waals surface area contributed by atoms with E-state index in [0.717, 1.165) is 22.2 Å². The Bertz CT molecular complexity index is 594. The second-order valence-corrected chi connectivity index (χ2v) is 6.81. The first-order chi connectivity index (χ1) is 9.17. The molecule has 19 heavy (non-hydrogen) atoms. The van der Waals surface area contributed by atoms with E-state index in [1.165, 1.54) is 9.75 Å². The number of ether oxygens (including phenoxy) is 1. The third kappa shape index (κ3) is 2.57. The molecule has 0 bridgehead atoms. The van der Waals surface area contributed by atoms with Gasteiger partial charge in [-0.2, -0.15) is 0 Å². The minimum Gasteiger partial charge on any atom is -0.484 e. The summed E-state index contributed by atoms with van der Waals surface area (Å²) in [6, 6.07) is 10.0. The molecule has 1 N–H and O–H groups in total. The van der Waals surface area contributed by atoms with Crippen molar-refractivity contribution in [3.05, 3.63) is 50.1 Å². The lowest BCUT2D eigenvalue weighted by atomic mass is 9.98. The summed E-state index contributed by atoms with van der Waals surface area (Å²) < 4.78 is 7.02. The number of hydrogen-bond donors (Lipinski definition) is 1. The highest BCUT2D eigenvalue weighted by molar-refractivity contribution is 9.10. The van der Waals surface area contributed by atoms with Crippen molar-refractivity contribution in [3.8, 4) is 5.75 Å². The summed E-state index contributed by atoms with van der Waals surface area (Å²) in [5.41, 5.74) is 0.881. The molecule has 0 radical (unpaired) electrons. The zero-order valence-electron chi connectivity index (χ0n) is 10.6. The lowest BCUT2D eigenvalue weighted by molar-refractivity contribution is 0.0674. The van der Waals surface area contributed by atoms with Gasteiger partial charge in [0.15, 0.2) is 0 Å². The molecule has 4 heteroatoms. The van der Waals surface area contributed by atoms with Crippen LogP contribution in [0.15, 0.2) is 34.8 Å². The van der Waals surface area contributed by atoms with Crippen molar-refractivity contribution in [2.75, 3.05) is 0 Å². The monoisotopic (exact) mass is 338 g/mol. The number of hydrogen-bond acceptors (Lipinski definition) is 3. The van der Waals surface area contributed by atoms with E-state index in [2.05, 4.69) is 35.0 Å². The predicted molar refractivity (Wildman–Crippen MR) is 80.8 cm³/mol. The molecule has 0 fully saturated rings. The fourth-order valence-corrected chi connectivity index (χ4v) is 3.68. The lowest BCUT2D eigenvalue weighted by Crippen LogP contribution is -2.18. The van der Waals surface area contributed by atoms with Gasteiger partial charge in [-0.15, -0.1) is 11.3 Å². The SMILES string of the molecule is CCc1ccc(C2CC(O)c3ccc(Br)cc3O2)s1. The molecule has 0 saturated heterocycles. The number of benzene rings is 1. The molecular formula is C15H15BrO2S. The fourth-order valence-electron chi connectivity index (χ4n) is 2.35. The molecule has 2 nitrogen and oxygen atoms in total. The maximum absolute atomic E-state index is 10.3. The molecule has 1 aliphatic heterocycles. The Morgan fingerprint density at radius 3 is 2.95 bits per heavy atom. The van der Waals surface area contributed by atoms with Gasteiger partial charge in [-0.3, -0.25) is 0 Å². The summed E-state index contributed by atoms with van der Waals surface area (Å²) in [6.45, 7) is 2.15. The maximum atomic E-state index is 10.3. The van der Waals surface area contributed by atoms with E-state index < -0.39 is 6.10 Å². The minimum absolute atomic E-state index is 0.0397. The highest BCUT2D eigenvalue weighted by atomic mass is 79.9. The zero-order chi connectivity index (χ0) is 13.4. The van der Waals surface area contributed by atoms with Gasteiger partial charge in [0.1, 0.15) is 11.9 Å². The first kappa shape index (κ1) is 13.2. The van der Waals surface area contributed by atoms with Crippen LogP contribution in [-0.2, 0) is 6.42 Å². The Hall–Kier alpha value is -0.840. The van der Waals surface area contributed by atoms with Crippen LogP contribution >= 0.6 is 27.3 Å². The minimum atomic E-state index is -0.450. The molecule has 1 aromatic heterocycles. The summed E-state index contributed by atoms with van der Waals surface area (Å²) in [5, 5.41) is 10.3. The first-order valence-corrected chi connectivity index (χ1v) is 8.01. The number of rotatable bonds is 2. The first-order valence-electron chi connectivity index (χ1n) is 6.40. The summed E-state index contributed by atoms with van der Waals surface area (Å²) in [7, 11) is 0. The van der Waals surface area contributed by atoms with E-state index in [1.54, 1.807) is 11.3 Å². The molecule has 0 aliphatic carbocycles. The van der Waals surface area contributed by atoms with Gasteiger partial charge in [0.25, 0.3) is 0 Å². The fraction of sp³-hybridized carbons (Fsp3) is 0.333. The van der Waals surface area contributed by atoms with Gasteiger partial charge in [0, 0.05) is 26.2 Å². The Morgan fingerprint density at radius 1 is 1.37 bits per heavy atom. The molecular weight excluding hydrogens is 324 g/mol. The van der Waals surface area contributed by atoms with E-state index in [0.29, 0.717) is 6.42 Å². The largest absolute Gasteiger partial charge is 0.484 e. The maximum Gasteiger partial charge on any atom is 0.136 e. The number of halogens is 1. The third-order valence-corrected chi connectivity index (χ3v) is 5.20. The summed E-state index contributed by atoms with van der Waals surface area (Å²) in [6.07, 6.45) is 1.18. The third-order valence-electron chi connectivity index (χ3n) is 3.39. The van der Waals surface area contributed by atoms with Crippen molar-refractivity contribution in [2.24, 2.45) is 0 Å². The van der Waals surface area contributed by atoms with Crippen LogP contribution in [0.1, 0.15) is 40.9 Å². The molecule has 2 unspecified atom stereocenters. The summed E-state index contributed by atoms with van der Waals surface area (Å²) in [4.78, 5) is 2.55. The molecule has 2 atom stereocenters. The van der Waals surface area contributed by atoms with Gasteiger partial charge in [0.2, 0.25) is 0 Å². The normalized spacial score (nSPS) is 21.8. The quantitative estimate of drug-likeness (QED) is 0.864. The highest BCUT2D eigenvalue weighted by Gasteiger charge is 2.28. The Morgan fingerprint density at radius 2 is 2.21 bits per heavy atom. The molecule has 2 heterocycles. The van der Waals surface area contributed by atoms with Crippen LogP contribution in [0, 0.1) is 0 Å². The number of aliphatic hydroxyl groups excluding tert-OH is 1. The van der Waals surface area contributed by atoms with Crippen LogP contribution in [0.25, 0.3) is 0 Å². The van der Waals surface area contributed by atoms with Gasteiger partial charge < -0.3 is 9.84 Å². The zero-order valence-corrected chi connectivity index (χ0v) is 13.0. The van der Waals surface area contributed by atoms with Crippen molar-refractivity contribution < 1.29 is 9.84 Å². The molecule has 3 rings (SSSR count). The van der Waals surface area contributed by atoms with Crippen molar-refractivity contribution in [1.29, 1.82) is 0 Å². The number of aliphatic hydroxyl groups is 1. The molecule has 2 aromatic rings. The second-order valence-electron chi connectivity index (χ2n) is 4.70. The average Bonchev–Trinajstić information content (AvgIpc) is 2.86.